The molecule has 1 amide bonds. The molecule has 35 heavy (non-hydrogen) atoms. The Kier molecular flexibility index (Phi) is 8.26. The van der Waals surface area contributed by atoms with E-state index >= 15 is 0 Å². The number of nitrogens with one attached hydrogen (secondary N) is 2. The second-order valence-electron chi connectivity index (χ2n) is 8.41. The molecule has 188 valence electrons. The molecule has 11 heteroatoms. The lowest BCUT2D eigenvalue weighted by molar-refractivity contribution is -0.122. The van der Waals surface area contributed by atoms with Gasteiger partial charge in [0.1, 0.15) is 6.04 Å². The van der Waals surface area contributed by atoms with Gasteiger partial charge in [0.05, 0.1) is 21.9 Å². The molecule has 3 aromatic rings. The average Bonchev–Trinajstić information content (AvgIpc) is 2.84. The summed E-state index contributed by atoms with van der Waals surface area (Å²) in [4.78, 5) is 37.6. The number of carbonyl (C=O) groups is 1. The standard InChI is InChI=1S/C24H30N4O6S/c1-16(2)34-14-8-13-25-22(29)21(17-9-6-5-7-10-17)26-35(32,33)18-11-12-20-19(15-18)23(30)28(4)24(31)27(20)3/h5-7,9-12,15-16,21,26H,8,13-14H2,1-4H3,(H,25,29)/t21-/m1/s1. The van der Waals surface area contributed by atoms with Crippen LogP contribution in [0.1, 0.15) is 31.9 Å². The van der Waals surface area contributed by atoms with E-state index in [2.05, 4.69) is 10.0 Å². The molecule has 3 rings (SSSR count). The summed E-state index contributed by atoms with van der Waals surface area (Å²) < 4.78 is 36.7. The second-order valence-corrected chi connectivity index (χ2v) is 10.1. The molecule has 0 saturated heterocycles. The van der Waals surface area contributed by atoms with Crippen molar-refractivity contribution in [1.82, 2.24) is 19.2 Å². The van der Waals surface area contributed by atoms with Gasteiger partial charge in [-0.1, -0.05) is 30.3 Å². The molecule has 1 aromatic heterocycles. The first-order chi connectivity index (χ1) is 16.5. The molecule has 0 bridgehead atoms. The van der Waals surface area contributed by atoms with Crippen LogP contribution in [0.2, 0.25) is 0 Å². The van der Waals surface area contributed by atoms with Gasteiger partial charge >= 0.3 is 5.69 Å². The molecule has 2 N–H and O–H groups in total. The normalized spacial score (nSPS) is 12.7. The van der Waals surface area contributed by atoms with E-state index < -0.39 is 33.2 Å². The number of benzene rings is 2. The maximum atomic E-state index is 13.3. The summed E-state index contributed by atoms with van der Waals surface area (Å²) in [5.41, 5.74) is -0.360. The van der Waals surface area contributed by atoms with Gasteiger partial charge in [0, 0.05) is 27.2 Å². The number of aryl methyl sites for hydroxylation is 1. The Morgan fingerprint density at radius 3 is 2.37 bits per heavy atom. The predicted octanol–water partition coefficient (Wildman–Crippen LogP) is 1.19. The van der Waals surface area contributed by atoms with E-state index in [1.807, 2.05) is 13.8 Å². The molecule has 0 aliphatic rings. The van der Waals surface area contributed by atoms with Crippen molar-refractivity contribution >= 4 is 26.8 Å². The van der Waals surface area contributed by atoms with Gasteiger partial charge in [-0.2, -0.15) is 4.72 Å². The molecule has 0 unspecified atom stereocenters. The highest BCUT2D eigenvalue weighted by Gasteiger charge is 2.27. The fraction of sp³-hybridized carbons (Fsp3) is 0.375. The molecule has 0 fully saturated rings. The number of hydrogen-bond donors (Lipinski definition) is 2. The summed E-state index contributed by atoms with van der Waals surface area (Å²) in [6.45, 7) is 4.62. The van der Waals surface area contributed by atoms with Gasteiger partial charge in [0.25, 0.3) is 5.56 Å². The number of nitrogens with zero attached hydrogens (tertiary/aromatic N) is 2. The minimum absolute atomic E-state index is 0.0725. The van der Waals surface area contributed by atoms with Crippen LogP contribution in [0, 0.1) is 0 Å². The molecule has 0 saturated carbocycles. The monoisotopic (exact) mass is 502 g/mol. The molecule has 10 nitrogen and oxygen atoms in total. The lowest BCUT2D eigenvalue weighted by atomic mass is 10.1. The summed E-state index contributed by atoms with van der Waals surface area (Å²) in [6, 6.07) is 11.2. The first-order valence-electron chi connectivity index (χ1n) is 11.2. The lowest BCUT2D eigenvalue weighted by Gasteiger charge is -2.19. The molecule has 0 spiro atoms. The summed E-state index contributed by atoms with van der Waals surface area (Å²) in [5.74, 6) is -0.511. The van der Waals surface area contributed by atoms with Gasteiger partial charge in [-0.3, -0.25) is 18.7 Å². The highest BCUT2D eigenvalue weighted by molar-refractivity contribution is 7.89. The van der Waals surface area contributed by atoms with Crippen LogP contribution >= 0.6 is 0 Å². The lowest BCUT2D eigenvalue weighted by Crippen LogP contribution is -2.41. The van der Waals surface area contributed by atoms with E-state index in [4.69, 9.17) is 4.74 Å². The largest absolute Gasteiger partial charge is 0.379 e. The SMILES string of the molecule is CC(C)OCCCNC(=O)[C@H](NS(=O)(=O)c1ccc2c(c1)c(=O)n(C)c(=O)n2C)c1ccccc1. The Labute approximate surface area is 203 Å². The van der Waals surface area contributed by atoms with Gasteiger partial charge in [-0.25, -0.2) is 13.2 Å². The van der Waals surface area contributed by atoms with Crippen molar-refractivity contribution in [1.29, 1.82) is 0 Å². The van der Waals surface area contributed by atoms with Crippen LogP contribution in [0.5, 0.6) is 0 Å². The molecule has 0 aliphatic carbocycles. The Bertz CT molecular complexity index is 1430. The Morgan fingerprint density at radius 1 is 1.03 bits per heavy atom. The van der Waals surface area contributed by atoms with Gasteiger partial charge in [0.15, 0.2) is 0 Å². The maximum Gasteiger partial charge on any atom is 0.330 e. The summed E-state index contributed by atoms with van der Waals surface area (Å²) in [7, 11) is -1.39. The van der Waals surface area contributed by atoms with Crippen LogP contribution < -0.4 is 21.3 Å². The minimum atomic E-state index is -4.21. The number of carbonyl (C=O) groups excluding carboxylic acids is 1. The quantitative estimate of drug-likeness (QED) is 0.401. The summed E-state index contributed by atoms with van der Waals surface area (Å²) >= 11 is 0. The number of amides is 1. The van der Waals surface area contributed by atoms with Crippen molar-refractivity contribution in [2.75, 3.05) is 13.2 Å². The van der Waals surface area contributed by atoms with Crippen molar-refractivity contribution in [2.45, 2.75) is 37.3 Å². The second kappa shape index (κ2) is 11.0. The Hall–Kier alpha value is -3.28. The maximum absolute atomic E-state index is 13.3. The average molecular weight is 503 g/mol. The zero-order valence-corrected chi connectivity index (χ0v) is 21.0. The molecular weight excluding hydrogens is 472 g/mol. The molecular formula is C24H30N4O6S. The van der Waals surface area contributed by atoms with E-state index in [1.165, 1.54) is 36.9 Å². The van der Waals surface area contributed by atoms with E-state index in [9.17, 15) is 22.8 Å². The van der Waals surface area contributed by atoms with Crippen molar-refractivity contribution in [2.24, 2.45) is 14.1 Å². The number of ether oxygens (including phenoxy) is 1. The van der Waals surface area contributed by atoms with Crippen LogP contribution in [0.3, 0.4) is 0 Å². The highest BCUT2D eigenvalue weighted by Crippen LogP contribution is 2.20. The fourth-order valence-corrected chi connectivity index (χ4v) is 4.80. The molecule has 1 atom stereocenters. The third kappa shape index (κ3) is 6.05. The van der Waals surface area contributed by atoms with E-state index in [0.717, 1.165) is 4.57 Å². The smallest absolute Gasteiger partial charge is 0.330 e. The van der Waals surface area contributed by atoms with Gasteiger partial charge in [0.2, 0.25) is 15.9 Å². The number of hydrogen-bond acceptors (Lipinski definition) is 6. The van der Waals surface area contributed by atoms with Crippen LogP contribution in [-0.4, -0.2) is 42.7 Å². The molecule has 0 radical (unpaired) electrons. The fourth-order valence-electron chi connectivity index (χ4n) is 3.59. The van der Waals surface area contributed by atoms with E-state index in [1.54, 1.807) is 30.3 Å². The summed E-state index contributed by atoms with van der Waals surface area (Å²) in [6.07, 6.45) is 0.654. The van der Waals surface area contributed by atoms with E-state index in [0.29, 0.717) is 30.7 Å². The predicted molar refractivity (Wildman–Crippen MR) is 133 cm³/mol. The third-order valence-electron chi connectivity index (χ3n) is 5.49. The summed E-state index contributed by atoms with van der Waals surface area (Å²) in [5, 5.41) is 2.82. The van der Waals surface area contributed by atoms with Crippen molar-refractivity contribution in [3.63, 3.8) is 0 Å². The Morgan fingerprint density at radius 2 is 1.71 bits per heavy atom. The molecule has 1 heterocycles. The van der Waals surface area contributed by atoms with Crippen molar-refractivity contribution in [3.8, 4) is 0 Å². The first-order valence-corrected chi connectivity index (χ1v) is 12.7. The number of sulfonamides is 1. The Balaban J connectivity index is 1.90. The zero-order chi connectivity index (χ0) is 25.8. The molecule has 0 aliphatic heterocycles. The number of rotatable bonds is 10. The van der Waals surface area contributed by atoms with Gasteiger partial charge < -0.3 is 10.1 Å². The van der Waals surface area contributed by atoms with Gasteiger partial charge in [-0.15, -0.1) is 0 Å². The number of aromatic nitrogens is 2. The zero-order valence-electron chi connectivity index (χ0n) is 20.1. The van der Waals surface area contributed by atoms with Crippen LogP contribution in [0.25, 0.3) is 10.9 Å². The topological polar surface area (TPSA) is 128 Å². The van der Waals surface area contributed by atoms with Gasteiger partial charge in [-0.05, 0) is 44.0 Å². The highest BCUT2D eigenvalue weighted by atomic mass is 32.2. The first kappa shape index (κ1) is 26.3. The third-order valence-corrected chi connectivity index (χ3v) is 6.91. The van der Waals surface area contributed by atoms with Crippen LogP contribution in [-0.2, 0) is 33.7 Å². The van der Waals surface area contributed by atoms with Crippen LogP contribution in [0.4, 0.5) is 0 Å². The van der Waals surface area contributed by atoms with Crippen LogP contribution in [0.15, 0.2) is 63.0 Å². The van der Waals surface area contributed by atoms with E-state index in [-0.39, 0.29) is 16.4 Å². The van der Waals surface area contributed by atoms with Crippen molar-refractivity contribution in [3.05, 3.63) is 74.9 Å². The minimum Gasteiger partial charge on any atom is -0.379 e. The number of fused-ring (bicyclic) bond motifs is 1. The molecule has 2 aromatic carbocycles. The van der Waals surface area contributed by atoms with Crippen molar-refractivity contribution < 1.29 is 17.9 Å².